The van der Waals surface area contributed by atoms with Crippen LogP contribution in [0.2, 0.25) is 0 Å². The van der Waals surface area contributed by atoms with E-state index >= 15 is 0 Å². The van der Waals surface area contributed by atoms with E-state index in [2.05, 4.69) is 36.7 Å². The van der Waals surface area contributed by atoms with E-state index in [9.17, 15) is 23.4 Å². The largest absolute Gasteiger partial charge is 3.00 e. The second kappa shape index (κ2) is 18.5. The topological polar surface area (TPSA) is 131 Å². The molecule has 0 spiro atoms. The first-order chi connectivity index (χ1) is 32.5. The van der Waals surface area contributed by atoms with Crippen molar-refractivity contribution in [2.75, 3.05) is 0 Å². The van der Waals surface area contributed by atoms with Gasteiger partial charge in [0.25, 0.3) is 0 Å². The number of aliphatic hydroxyl groups is 2. The normalized spacial score (nSPS) is 11.3. The summed E-state index contributed by atoms with van der Waals surface area (Å²) in [7, 11) is 0. The number of hydrogen-bond acceptors (Lipinski definition) is 9. The molecule has 4 aromatic heterocycles. The average Bonchev–Trinajstić information content (AvgIpc) is 3.78. The minimum atomic E-state index is -4.52. The number of halogens is 3. The fraction of sp³-hybridized carbons (Fsp3) is 0.0182. The van der Waals surface area contributed by atoms with E-state index in [0.717, 1.165) is 65.3 Å². The van der Waals surface area contributed by atoms with Crippen LogP contribution in [0.15, 0.2) is 175 Å². The van der Waals surface area contributed by atoms with Crippen LogP contribution >= 0.6 is 0 Å². The van der Waals surface area contributed by atoms with Crippen molar-refractivity contribution in [2.45, 2.75) is 6.18 Å². The Hall–Kier alpha value is -8.38. The Morgan fingerprint density at radius 1 is 0.485 bits per heavy atom. The number of benzene rings is 8. The van der Waals surface area contributed by atoms with Gasteiger partial charge in [0.15, 0.2) is 0 Å². The molecule has 0 atom stereocenters. The summed E-state index contributed by atoms with van der Waals surface area (Å²) < 4.78 is 47.3. The van der Waals surface area contributed by atoms with Crippen molar-refractivity contribution < 1.29 is 47.9 Å². The molecule has 0 radical (unpaired) electrons. The fourth-order valence-corrected chi connectivity index (χ4v) is 8.09. The first-order valence-electron chi connectivity index (χ1n) is 20.7. The van der Waals surface area contributed by atoms with Crippen LogP contribution in [0, 0.1) is 19.2 Å². The van der Waals surface area contributed by atoms with Crippen molar-refractivity contribution in [3.8, 4) is 22.7 Å². The number of para-hydroxylation sites is 1. The van der Waals surface area contributed by atoms with Gasteiger partial charge in [-0.2, -0.15) is 33.6 Å². The molecule has 12 rings (SSSR count). The molecule has 2 N–H and O–H groups in total. The Morgan fingerprint density at radius 3 is 1.38 bits per heavy atom. The molecule has 4 heterocycles. The monoisotopic (exact) mass is 1070 g/mol. The van der Waals surface area contributed by atoms with E-state index in [4.69, 9.17) is 17.6 Å². The van der Waals surface area contributed by atoms with E-state index in [-0.39, 0.29) is 42.9 Å². The van der Waals surface area contributed by atoms with Crippen molar-refractivity contribution in [1.82, 2.24) is 30.6 Å². The minimum Gasteiger partial charge on any atom is -0.544 e. The molecular weight excluding hydrogens is 1040 g/mol. The summed E-state index contributed by atoms with van der Waals surface area (Å²) in [5.41, 5.74) is 1.13. The van der Waals surface area contributed by atoms with Gasteiger partial charge in [0.05, 0.1) is 35.1 Å². The van der Waals surface area contributed by atoms with Gasteiger partial charge in [-0.15, -0.1) is 17.5 Å². The zero-order chi connectivity index (χ0) is 46.2. The van der Waals surface area contributed by atoms with Crippen LogP contribution in [-0.2, 0) is 26.3 Å². The third kappa shape index (κ3) is 8.71. The smallest absolute Gasteiger partial charge is 0.544 e. The van der Waals surface area contributed by atoms with E-state index in [1.165, 1.54) is 12.1 Å². The fourth-order valence-electron chi connectivity index (χ4n) is 8.09. The van der Waals surface area contributed by atoms with Crippen LogP contribution in [0.3, 0.4) is 0 Å². The number of nitrogens with zero attached hydrogens (tertiary/aromatic N) is 6. The maximum Gasteiger partial charge on any atom is 3.00 e. The Labute approximate surface area is 398 Å². The molecule has 13 heteroatoms. The third-order valence-electron chi connectivity index (χ3n) is 11.2. The Morgan fingerprint density at radius 2 is 0.897 bits per heavy atom. The van der Waals surface area contributed by atoms with E-state index < -0.39 is 11.7 Å². The molecule has 9 nitrogen and oxygen atoms in total. The summed E-state index contributed by atoms with van der Waals surface area (Å²) in [6, 6.07) is 51.4. The summed E-state index contributed by atoms with van der Waals surface area (Å²) in [4.78, 5) is 0. The number of alkyl halides is 3. The summed E-state index contributed by atoms with van der Waals surface area (Å²) in [6.07, 6.45) is -1.20. The summed E-state index contributed by atoms with van der Waals surface area (Å²) in [5, 5.41) is 54.4. The van der Waals surface area contributed by atoms with E-state index in [0.29, 0.717) is 39.2 Å². The third-order valence-corrected chi connectivity index (χ3v) is 11.2. The maximum atomic E-state index is 13.8. The summed E-state index contributed by atoms with van der Waals surface area (Å²) in [6.45, 7) is 10.8. The van der Waals surface area contributed by atoms with Crippen LogP contribution in [0.25, 0.3) is 110 Å². The van der Waals surface area contributed by atoms with Crippen LogP contribution in [-0.4, -0.2) is 40.8 Å². The van der Waals surface area contributed by atoms with Gasteiger partial charge in [0, 0.05) is 16.5 Å². The first-order valence-corrected chi connectivity index (χ1v) is 20.7. The van der Waals surface area contributed by atoms with Crippen LogP contribution in [0.4, 0.5) is 13.2 Å². The molecule has 0 saturated heterocycles. The summed E-state index contributed by atoms with van der Waals surface area (Å²) in [5.74, 6) is -0.226. The molecule has 0 aliphatic rings. The van der Waals surface area contributed by atoms with Crippen molar-refractivity contribution >= 4 is 87.1 Å². The molecule has 0 unspecified atom stereocenters. The van der Waals surface area contributed by atoms with Gasteiger partial charge >= 0.3 is 26.3 Å². The number of rotatable bonds is 4. The SMILES string of the molecule is FC(F)(F)c1ccccc1-c1nnc(-c2[c-]c3ccccc3o2)c2cc3ccccc3cc12.[CH-]=C(O)c1nncc2cc3ccccc3cc12.[CH-]=C(O)c1nncc2cc3ccccc3cc12.[Ir+3]. The first kappa shape index (κ1) is 44.8. The molecule has 0 aliphatic heterocycles. The molecule has 0 aliphatic carbocycles. The predicted molar refractivity (Wildman–Crippen MR) is 256 cm³/mol. The van der Waals surface area contributed by atoms with Crippen LogP contribution in [0.5, 0.6) is 0 Å². The molecule has 0 bridgehead atoms. The second-order valence-corrected chi connectivity index (χ2v) is 15.5. The molecule has 68 heavy (non-hydrogen) atoms. The molecule has 0 saturated carbocycles. The zero-order valence-corrected chi connectivity index (χ0v) is 37.7. The molecule has 8 aromatic carbocycles. The van der Waals surface area contributed by atoms with Gasteiger partial charge in [-0.05, 0) is 95.6 Å². The standard InChI is InChI=1S/C27H14F3N2O.2C14H9N2O.Ir/c28-27(29,30)22-11-5-4-10-19(22)25-20-13-16-7-1-2-8-17(16)14-21(20)26(32-31-25)24-15-18-9-3-6-12-23(18)33-24;2*1-9(17)14-13-7-11-5-3-2-4-10(11)6-12(13)8-15-16-14;/h1-14H;2*1-8,17H;/q3*-1;+3. The van der Waals surface area contributed by atoms with Crippen molar-refractivity contribution in [1.29, 1.82) is 0 Å². The van der Waals surface area contributed by atoms with Crippen LogP contribution in [0.1, 0.15) is 17.0 Å². The molecule has 330 valence electrons. The van der Waals surface area contributed by atoms with Gasteiger partial charge in [-0.3, -0.25) is 0 Å². The zero-order valence-electron chi connectivity index (χ0n) is 35.3. The van der Waals surface area contributed by atoms with Gasteiger partial charge in [-0.1, -0.05) is 138 Å². The second-order valence-electron chi connectivity index (χ2n) is 15.5. The van der Waals surface area contributed by atoms with Gasteiger partial charge in [-0.25, -0.2) is 23.4 Å². The van der Waals surface area contributed by atoms with Crippen LogP contribution < -0.4 is 0 Å². The molecule has 12 aromatic rings. The molecule has 0 fully saturated rings. The Bertz CT molecular complexity index is 3750. The Kier molecular flexibility index (Phi) is 12.2. The average molecular weight is 1070 g/mol. The van der Waals surface area contributed by atoms with Gasteiger partial charge < -0.3 is 14.6 Å². The van der Waals surface area contributed by atoms with Gasteiger partial charge in [0.1, 0.15) is 0 Å². The number of fused-ring (bicyclic) bond motifs is 7. The van der Waals surface area contributed by atoms with Crippen molar-refractivity contribution in [3.05, 3.63) is 206 Å². The number of aromatic nitrogens is 6. The number of furan rings is 1. The Balaban J connectivity index is 0.000000139. The maximum absolute atomic E-state index is 13.8. The van der Waals surface area contributed by atoms with Crippen molar-refractivity contribution in [3.63, 3.8) is 0 Å². The number of aliphatic hydroxyl groups excluding tert-OH is 2. The van der Waals surface area contributed by atoms with Crippen molar-refractivity contribution in [2.24, 2.45) is 0 Å². The van der Waals surface area contributed by atoms with E-state index in [1.54, 1.807) is 18.5 Å². The van der Waals surface area contributed by atoms with E-state index in [1.807, 2.05) is 133 Å². The summed E-state index contributed by atoms with van der Waals surface area (Å²) >= 11 is 0. The molecule has 0 amide bonds. The number of hydrogen-bond donors (Lipinski definition) is 2. The minimum absolute atomic E-state index is 0. The van der Waals surface area contributed by atoms with Gasteiger partial charge in [0.2, 0.25) is 0 Å². The predicted octanol–water partition coefficient (Wildman–Crippen LogP) is 13.9. The molecular formula is C55H32F3IrN6O3. The quantitative estimate of drug-likeness (QED) is 0.100.